The highest BCUT2D eigenvalue weighted by Gasteiger charge is 2.05. The van der Waals surface area contributed by atoms with Crippen LogP contribution in [0.25, 0.3) is 0 Å². The number of ether oxygens (including phenoxy) is 1. The van der Waals surface area contributed by atoms with Gasteiger partial charge in [-0.15, -0.1) is 0 Å². The molecule has 1 aromatic carbocycles. The normalized spacial score (nSPS) is 10.2. The Morgan fingerprint density at radius 1 is 1.21 bits per heavy atom. The van der Waals surface area contributed by atoms with Crippen LogP contribution in [0.1, 0.15) is 16.1 Å². The van der Waals surface area contributed by atoms with Gasteiger partial charge in [0.15, 0.2) is 11.6 Å². The maximum Gasteiger partial charge on any atom is 0.337 e. The zero-order chi connectivity index (χ0) is 13.8. The average molecular weight is 265 g/mol. The number of hydrogen-bond donors (Lipinski definition) is 1. The predicted molar refractivity (Wildman–Crippen MR) is 61.9 cm³/mol. The predicted octanol–water partition coefficient (Wildman–Crippen LogP) is 2.64. The molecule has 0 radical (unpaired) electrons. The van der Waals surface area contributed by atoms with Crippen LogP contribution in [0, 0.1) is 11.6 Å². The fourth-order valence-electron chi connectivity index (χ4n) is 1.36. The lowest BCUT2D eigenvalue weighted by Crippen LogP contribution is -2.02. The van der Waals surface area contributed by atoms with E-state index in [0.29, 0.717) is 5.69 Å². The number of benzene rings is 1. The minimum atomic E-state index is -1.07. The Hall–Kier alpha value is -2.50. The summed E-state index contributed by atoms with van der Waals surface area (Å²) in [5.41, 5.74) is 0.548. The molecule has 1 aromatic heterocycles. The summed E-state index contributed by atoms with van der Waals surface area (Å²) in [5.74, 6) is -2.84. The van der Waals surface area contributed by atoms with Gasteiger partial charge in [-0.25, -0.2) is 13.6 Å². The first-order chi connectivity index (χ1) is 9.06. The number of pyridine rings is 1. The van der Waals surface area contributed by atoms with Crippen molar-refractivity contribution in [3.63, 3.8) is 0 Å². The van der Waals surface area contributed by atoms with Crippen LogP contribution in [0.5, 0.6) is 5.75 Å². The van der Waals surface area contributed by atoms with E-state index in [1.54, 1.807) is 0 Å². The fourth-order valence-corrected chi connectivity index (χ4v) is 1.36. The van der Waals surface area contributed by atoms with Crippen molar-refractivity contribution in [2.24, 2.45) is 0 Å². The Morgan fingerprint density at radius 2 is 2.00 bits per heavy atom. The maximum atomic E-state index is 12.9. The number of hydrogen-bond acceptors (Lipinski definition) is 3. The minimum absolute atomic E-state index is 0.0327. The number of carboxylic acids is 1. The van der Waals surface area contributed by atoms with Crippen LogP contribution < -0.4 is 4.74 Å². The second-order valence-corrected chi connectivity index (χ2v) is 3.71. The van der Waals surface area contributed by atoms with E-state index in [9.17, 15) is 13.6 Å². The van der Waals surface area contributed by atoms with Crippen molar-refractivity contribution in [2.45, 2.75) is 6.61 Å². The second-order valence-electron chi connectivity index (χ2n) is 3.71. The molecule has 4 nitrogen and oxygen atoms in total. The van der Waals surface area contributed by atoms with Crippen molar-refractivity contribution >= 4 is 5.97 Å². The molecule has 0 saturated carbocycles. The molecular formula is C13H9F2NO3. The van der Waals surface area contributed by atoms with E-state index < -0.39 is 17.6 Å². The summed E-state index contributed by atoms with van der Waals surface area (Å²) in [7, 11) is 0. The maximum absolute atomic E-state index is 12.9. The van der Waals surface area contributed by atoms with Crippen LogP contribution in [0.15, 0.2) is 36.5 Å². The van der Waals surface area contributed by atoms with Crippen LogP contribution in [0.4, 0.5) is 8.78 Å². The third-order valence-corrected chi connectivity index (χ3v) is 2.35. The Labute approximate surface area is 107 Å². The third kappa shape index (κ3) is 3.25. The molecule has 0 aliphatic rings. The third-order valence-electron chi connectivity index (χ3n) is 2.35. The molecule has 0 atom stereocenters. The van der Waals surface area contributed by atoms with Crippen LogP contribution in [-0.2, 0) is 6.61 Å². The Balaban J connectivity index is 2.01. The van der Waals surface area contributed by atoms with Gasteiger partial charge in [0.05, 0.1) is 11.3 Å². The van der Waals surface area contributed by atoms with Gasteiger partial charge in [0.1, 0.15) is 12.4 Å². The molecule has 2 rings (SSSR count). The Bertz CT molecular complexity index is 599. The SMILES string of the molecule is O=C(O)c1ccc(COc2ccc(F)c(F)c2)nc1. The van der Waals surface area contributed by atoms with Gasteiger partial charge in [-0.1, -0.05) is 0 Å². The van der Waals surface area contributed by atoms with Crippen molar-refractivity contribution in [2.75, 3.05) is 0 Å². The van der Waals surface area contributed by atoms with Gasteiger partial charge in [0, 0.05) is 12.3 Å². The van der Waals surface area contributed by atoms with Crippen molar-refractivity contribution < 1.29 is 23.4 Å². The molecule has 0 amide bonds. The van der Waals surface area contributed by atoms with Crippen molar-refractivity contribution in [1.82, 2.24) is 4.98 Å². The first kappa shape index (κ1) is 12.9. The molecule has 6 heteroatoms. The molecule has 0 saturated heterocycles. The fraction of sp³-hybridized carbons (Fsp3) is 0.0769. The van der Waals surface area contributed by atoms with E-state index in [1.165, 1.54) is 24.4 Å². The second kappa shape index (κ2) is 5.43. The summed E-state index contributed by atoms with van der Waals surface area (Å²) in [6.45, 7) is 0.0327. The number of halogens is 2. The molecular weight excluding hydrogens is 256 g/mol. The zero-order valence-electron chi connectivity index (χ0n) is 9.64. The Kier molecular flexibility index (Phi) is 3.70. The molecule has 1 N–H and O–H groups in total. The molecule has 0 aliphatic carbocycles. The van der Waals surface area contributed by atoms with E-state index in [0.717, 1.165) is 12.1 Å². The first-order valence-electron chi connectivity index (χ1n) is 5.32. The monoisotopic (exact) mass is 265 g/mol. The largest absolute Gasteiger partial charge is 0.487 e. The summed E-state index contributed by atoms with van der Waals surface area (Å²) >= 11 is 0. The molecule has 0 aliphatic heterocycles. The minimum Gasteiger partial charge on any atom is -0.487 e. The highest BCUT2D eigenvalue weighted by Crippen LogP contribution is 2.16. The van der Waals surface area contributed by atoms with E-state index >= 15 is 0 Å². The zero-order valence-corrected chi connectivity index (χ0v) is 9.64. The molecule has 0 spiro atoms. The molecule has 1 heterocycles. The van der Waals surface area contributed by atoms with Crippen molar-refractivity contribution in [3.05, 3.63) is 59.4 Å². The molecule has 0 fully saturated rings. The van der Waals surface area contributed by atoms with Crippen LogP contribution in [0.2, 0.25) is 0 Å². The number of carboxylic acid groups (broad SMARTS) is 1. The van der Waals surface area contributed by atoms with Gasteiger partial charge in [-0.2, -0.15) is 0 Å². The average Bonchev–Trinajstić information content (AvgIpc) is 2.40. The number of nitrogens with zero attached hydrogens (tertiary/aromatic N) is 1. The van der Waals surface area contributed by atoms with Gasteiger partial charge in [0.2, 0.25) is 0 Å². The molecule has 19 heavy (non-hydrogen) atoms. The quantitative estimate of drug-likeness (QED) is 0.923. The summed E-state index contributed by atoms with van der Waals surface area (Å²) in [5, 5.41) is 8.69. The number of aromatic nitrogens is 1. The lowest BCUT2D eigenvalue weighted by Gasteiger charge is -2.06. The lowest BCUT2D eigenvalue weighted by molar-refractivity contribution is 0.0696. The van der Waals surface area contributed by atoms with E-state index in [2.05, 4.69) is 4.98 Å². The van der Waals surface area contributed by atoms with E-state index in [4.69, 9.17) is 9.84 Å². The summed E-state index contributed by atoms with van der Waals surface area (Å²) in [6, 6.07) is 6.07. The van der Waals surface area contributed by atoms with Crippen LogP contribution in [0.3, 0.4) is 0 Å². The van der Waals surface area contributed by atoms with Gasteiger partial charge in [-0.05, 0) is 24.3 Å². The molecule has 0 unspecified atom stereocenters. The first-order valence-corrected chi connectivity index (χ1v) is 5.32. The van der Waals surface area contributed by atoms with Gasteiger partial charge < -0.3 is 9.84 Å². The van der Waals surface area contributed by atoms with E-state index in [-0.39, 0.29) is 17.9 Å². The summed E-state index contributed by atoms with van der Waals surface area (Å²) in [6.07, 6.45) is 1.20. The summed E-state index contributed by atoms with van der Waals surface area (Å²) < 4.78 is 30.8. The standard InChI is InChI=1S/C13H9F2NO3/c14-11-4-3-10(5-12(11)15)19-7-9-2-1-8(6-16-9)13(17)18/h1-6H,7H2,(H,17,18). The molecule has 98 valence electrons. The van der Waals surface area contributed by atoms with Crippen molar-refractivity contribution in [1.29, 1.82) is 0 Å². The smallest absolute Gasteiger partial charge is 0.337 e. The van der Waals surface area contributed by atoms with Gasteiger partial charge >= 0.3 is 5.97 Å². The number of carbonyl (C=O) groups is 1. The van der Waals surface area contributed by atoms with Gasteiger partial charge in [-0.3, -0.25) is 4.98 Å². The van der Waals surface area contributed by atoms with Gasteiger partial charge in [0.25, 0.3) is 0 Å². The lowest BCUT2D eigenvalue weighted by atomic mass is 10.2. The Morgan fingerprint density at radius 3 is 2.58 bits per heavy atom. The highest BCUT2D eigenvalue weighted by atomic mass is 19.2. The van der Waals surface area contributed by atoms with Crippen molar-refractivity contribution in [3.8, 4) is 5.75 Å². The van der Waals surface area contributed by atoms with Crippen LogP contribution >= 0.6 is 0 Å². The molecule has 0 bridgehead atoms. The highest BCUT2D eigenvalue weighted by molar-refractivity contribution is 5.87. The topological polar surface area (TPSA) is 59.4 Å². The van der Waals surface area contributed by atoms with Crippen LogP contribution in [-0.4, -0.2) is 16.1 Å². The number of rotatable bonds is 4. The van der Waals surface area contributed by atoms with E-state index in [1.807, 2.05) is 0 Å². The summed E-state index contributed by atoms with van der Waals surface area (Å²) in [4.78, 5) is 14.5. The number of aromatic carboxylic acids is 1. The molecule has 2 aromatic rings.